The van der Waals surface area contributed by atoms with Crippen molar-refractivity contribution in [1.29, 1.82) is 0 Å². The summed E-state index contributed by atoms with van der Waals surface area (Å²) in [5.74, 6) is -1.51. The molecule has 0 atom stereocenters. The molecule has 9 heteroatoms. The Morgan fingerprint density at radius 1 is 1.29 bits per heavy atom. The van der Waals surface area contributed by atoms with E-state index in [1.165, 1.54) is 19.4 Å². The van der Waals surface area contributed by atoms with Gasteiger partial charge in [-0.3, -0.25) is 9.78 Å². The standard InChI is InChI=1S/C12H16N4O5/c1-21-3-2-14-10(17)7-15-12(20)16-9-4-8(11(18)19)5-13-6-9/h4-6H,2-3,7H2,1H3,(H,14,17)(H,18,19)(H2,15,16,20). The van der Waals surface area contributed by atoms with E-state index >= 15 is 0 Å². The normalized spacial score (nSPS) is 9.76. The van der Waals surface area contributed by atoms with Crippen LogP contribution in [0.2, 0.25) is 0 Å². The van der Waals surface area contributed by atoms with Crippen LogP contribution in [0.1, 0.15) is 10.4 Å². The van der Waals surface area contributed by atoms with Gasteiger partial charge in [0.25, 0.3) is 0 Å². The smallest absolute Gasteiger partial charge is 0.337 e. The van der Waals surface area contributed by atoms with Crippen LogP contribution in [0.15, 0.2) is 18.5 Å². The minimum Gasteiger partial charge on any atom is -0.478 e. The highest BCUT2D eigenvalue weighted by atomic mass is 16.5. The highest BCUT2D eigenvalue weighted by Crippen LogP contribution is 2.07. The molecule has 1 aromatic rings. The molecule has 114 valence electrons. The van der Waals surface area contributed by atoms with Gasteiger partial charge in [-0.2, -0.15) is 0 Å². The quantitative estimate of drug-likeness (QED) is 0.509. The summed E-state index contributed by atoms with van der Waals surface area (Å²) in [5, 5.41) is 16.0. The summed E-state index contributed by atoms with van der Waals surface area (Å²) in [6.45, 7) is 0.524. The average Bonchev–Trinajstić information content (AvgIpc) is 2.45. The van der Waals surface area contributed by atoms with Gasteiger partial charge in [-0.25, -0.2) is 9.59 Å². The first-order chi connectivity index (χ1) is 10.0. The number of amides is 3. The number of anilines is 1. The van der Waals surface area contributed by atoms with E-state index in [2.05, 4.69) is 20.9 Å². The Bertz CT molecular complexity index is 520. The highest BCUT2D eigenvalue weighted by Gasteiger charge is 2.08. The number of carboxylic acids is 1. The molecular formula is C12H16N4O5. The van der Waals surface area contributed by atoms with Gasteiger partial charge in [-0.1, -0.05) is 0 Å². The summed E-state index contributed by atoms with van der Waals surface area (Å²) >= 11 is 0. The number of pyridine rings is 1. The van der Waals surface area contributed by atoms with E-state index in [-0.39, 0.29) is 23.7 Å². The van der Waals surface area contributed by atoms with Crippen molar-refractivity contribution in [2.75, 3.05) is 32.1 Å². The number of urea groups is 1. The predicted octanol–water partition coefficient (Wildman–Crippen LogP) is -0.336. The molecule has 0 saturated carbocycles. The van der Waals surface area contributed by atoms with Gasteiger partial charge in [0.05, 0.1) is 30.6 Å². The maximum Gasteiger partial charge on any atom is 0.337 e. The van der Waals surface area contributed by atoms with Gasteiger partial charge >= 0.3 is 12.0 Å². The Morgan fingerprint density at radius 2 is 2.05 bits per heavy atom. The number of rotatable bonds is 7. The predicted molar refractivity (Wildman–Crippen MR) is 73.1 cm³/mol. The number of ether oxygens (including phenoxy) is 1. The maximum atomic E-state index is 11.5. The van der Waals surface area contributed by atoms with E-state index < -0.39 is 12.0 Å². The second-order valence-corrected chi connectivity index (χ2v) is 3.92. The summed E-state index contributed by atoms with van der Waals surface area (Å²) in [6.07, 6.45) is 2.46. The Hall–Kier alpha value is -2.68. The van der Waals surface area contributed by atoms with Crippen molar-refractivity contribution in [2.45, 2.75) is 0 Å². The average molecular weight is 296 g/mol. The van der Waals surface area contributed by atoms with Gasteiger partial charge in [0, 0.05) is 19.9 Å². The number of aromatic nitrogens is 1. The number of carboxylic acid groups (broad SMARTS) is 1. The van der Waals surface area contributed by atoms with Gasteiger partial charge in [-0.05, 0) is 6.07 Å². The molecule has 0 radical (unpaired) electrons. The van der Waals surface area contributed by atoms with Crippen LogP contribution in [0.4, 0.5) is 10.5 Å². The van der Waals surface area contributed by atoms with Crippen molar-refractivity contribution in [3.8, 4) is 0 Å². The summed E-state index contributed by atoms with van der Waals surface area (Å²) in [7, 11) is 1.51. The number of nitrogens with zero attached hydrogens (tertiary/aromatic N) is 1. The monoisotopic (exact) mass is 296 g/mol. The van der Waals surface area contributed by atoms with Crippen molar-refractivity contribution in [1.82, 2.24) is 15.6 Å². The number of nitrogens with one attached hydrogen (secondary N) is 3. The van der Waals surface area contributed by atoms with Crippen molar-refractivity contribution in [3.63, 3.8) is 0 Å². The second kappa shape index (κ2) is 8.48. The minimum absolute atomic E-state index is 0.0508. The maximum absolute atomic E-state index is 11.5. The first kappa shape index (κ1) is 16.4. The number of carbonyl (C=O) groups excluding carboxylic acids is 2. The van der Waals surface area contributed by atoms with E-state index in [0.717, 1.165) is 6.20 Å². The van der Waals surface area contributed by atoms with Crippen LogP contribution in [0.5, 0.6) is 0 Å². The first-order valence-corrected chi connectivity index (χ1v) is 6.01. The molecule has 0 saturated heterocycles. The van der Waals surface area contributed by atoms with Gasteiger partial charge in [0.15, 0.2) is 0 Å². The lowest BCUT2D eigenvalue weighted by Gasteiger charge is -2.08. The number of aromatic carboxylic acids is 1. The fourth-order valence-electron chi connectivity index (χ4n) is 1.32. The Kier molecular flexibility index (Phi) is 6.61. The van der Waals surface area contributed by atoms with Gasteiger partial charge in [0.1, 0.15) is 0 Å². The van der Waals surface area contributed by atoms with Crippen molar-refractivity contribution in [3.05, 3.63) is 24.0 Å². The fraction of sp³-hybridized carbons (Fsp3) is 0.333. The third-order valence-corrected chi connectivity index (χ3v) is 2.28. The largest absolute Gasteiger partial charge is 0.478 e. The molecule has 0 aromatic carbocycles. The molecule has 0 aliphatic rings. The third kappa shape index (κ3) is 6.34. The van der Waals surface area contributed by atoms with E-state index in [0.29, 0.717) is 13.2 Å². The summed E-state index contributed by atoms with van der Waals surface area (Å²) in [6, 6.07) is 0.620. The zero-order valence-corrected chi connectivity index (χ0v) is 11.4. The molecule has 0 aliphatic heterocycles. The lowest BCUT2D eigenvalue weighted by molar-refractivity contribution is -0.120. The fourth-order valence-corrected chi connectivity index (χ4v) is 1.32. The highest BCUT2D eigenvalue weighted by molar-refractivity contribution is 5.94. The van der Waals surface area contributed by atoms with Crippen LogP contribution < -0.4 is 16.0 Å². The Morgan fingerprint density at radius 3 is 2.71 bits per heavy atom. The SMILES string of the molecule is COCCNC(=O)CNC(=O)Nc1cncc(C(=O)O)c1. The van der Waals surface area contributed by atoms with E-state index in [4.69, 9.17) is 9.84 Å². The molecule has 1 aromatic heterocycles. The van der Waals surface area contributed by atoms with Crippen LogP contribution in [0, 0.1) is 0 Å². The van der Waals surface area contributed by atoms with Gasteiger partial charge in [0.2, 0.25) is 5.91 Å². The zero-order chi connectivity index (χ0) is 15.7. The molecule has 0 bridgehead atoms. The molecule has 0 spiro atoms. The topological polar surface area (TPSA) is 130 Å². The van der Waals surface area contributed by atoms with Gasteiger partial charge < -0.3 is 25.8 Å². The molecule has 0 aliphatic carbocycles. The summed E-state index contributed by atoms with van der Waals surface area (Å²) in [5.41, 5.74) is 0.164. The lowest BCUT2D eigenvalue weighted by atomic mass is 10.3. The van der Waals surface area contributed by atoms with Crippen LogP contribution in [0.25, 0.3) is 0 Å². The van der Waals surface area contributed by atoms with Crippen LogP contribution >= 0.6 is 0 Å². The number of hydrogen-bond donors (Lipinski definition) is 4. The Balaban J connectivity index is 2.38. The van der Waals surface area contributed by atoms with Crippen LogP contribution in [0.3, 0.4) is 0 Å². The summed E-state index contributed by atoms with van der Waals surface area (Å²) in [4.78, 5) is 37.3. The molecule has 1 rings (SSSR count). The molecule has 21 heavy (non-hydrogen) atoms. The molecule has 9 nitrogen and oxygen atoms in total. The van der Waals surface area contributed by atoms with Crippen molar-refractivity contribution >= 4 is 23.6 Å². The molecular weight excluding hydrogens is 280 g/mol. The van der Waals surface area contributed by atoms with Gasteiger partial charge in [-0.15, -0.1) is 0 Å². The molecule has 0 fully saturated rings. The van der Waals surface area contributed by atoms with E-state index in [9.17, 15) is 14.4 Å². The van der Waals surface area contributed by atoms with E-state index in [1.807, 2.05) is 0 Å². The summed E-state index contributed by atoms with van der Waals surface area (Å²) < 4.78 is 4.76. The number of hydrogen-bond acceptors (Lipinski definition) is 5. The minimum atomic E-state index is -1.15. The van der Waals surface area contributed by atoms with Crippen LogP contribution in [-0.2, 0) is 9.53 Å². The molecule has 1 heterocycles. The van der Waals surface area contributed by atoms with Crippen LogP contribution in [-0.4, -0.2) is 54.8 Å². The lowest BCUT2D eigenvalue weighted by Crippen LogP contribution is -2.39. The molecule has 3 amide bonds. The number of methoxy groups -OCH3 is 1. The zero-order valence-electron chi connectivity index (χ0n) is 11.4. The molecule has 0 unspecified atom stereocenters. The molecule has 4 N–H and O–H groups in total. The van der Waals surface area contributed by atoms with Crippen molar-refractivity contribution in [2.24, 2.45) is 0 Å². The first-order valence-electron chi connectivity index (χ1n) is 6.01. The Labute approximate surface area is 120 Å². The number of carbonyl (C=O) groups is 3. The van der Waals surface area contributed by atoms with Crippen molar-refractivity contribution < 1.29 is 24.2 Å². The third-order valence-electron chi connectivity index (χ3n) is 2.28. The van der Waals surface area contributed by atoms with E-state index in [1.54, 1.807) is 0 Å². The second-order valence-electron chi connectivity index (χ2n) is 3.92.